The molecule has 116 valence electrons. The Morgan fingerprint density at radius 2 is 1.95 bits per heavy atom. The van der Waals surface area contributed by atoms with Crippen LogP contribution >= 0.6 is 11.6 Å². The predicted molar refractivity (Wildman–Crippen MR) is 90.5 cm³/mol. The normalized spacial score (nSPS) is 20.3. The van der Waals surface area contributed by atoms with Gasteiger partial charge in [-0.15, -0.1) is 11.6 Å². The van der Waals surface area contributed by atoms with E-state index in [1.807, 2.05) is 4.90 Å². The van der Waals surface area contributed by atoms with Crippen molar-refractivity contribution < 1.29 is 4.79 Å². The summed E-state index contributed by atoms with van der Waals surface area (Å²) in [6.07, 6.45) is 2.26. The number of alkyl halides is 1. The second kappa shape index (κ2) is 6.00. The topological polar surface area (TPSA) is 20.3 Å². The van der Waals surface area contributed by atoms with E-state index in [9.17, 15) is 4.79 Å². The average molecular weight is 308 g/mol. The number of anilines is 1. The molecule has 0 aromatic heterocycles. The highest BCUT2D eigenvalue weighted by atomic mass is 35.5. The monoisotopic (exact) mass is 307 g/mol. The fourth-order valence-electron chi connectivity index (χ4n) is 3.49. The number of halogens is 1. The van der Waals surface area contributed by atoms with Crippen LogP contribution in [0.1, 0.15) is 62.6 Å². The molecule has 0 saturated heterocycles. The van der Waals surface area contributed by atoms with Gasteiger partial charge in [-0.25, -0.2) is 0 Å². The van der Waals surface area contributed by atoms with Crippen molar-refractivity contribution >= 4 is 23.2 Å². The molecule has 1 aliphatic heterocycles. The molecular formula is C18H26ClNO. The predicted octanol–water partition coefficient (Wildman–Crippen LogP) is 4.94. The Hall–Kier alpha value is -1.02. The Labute approximate surface area is 133 Å². The van der Waals surface area contributed by atoms with Crippen molar-refractivity contribution in [3.8, 4) is 0 Å². The summed E-state index contributed by atoms with van der Waals surface area (Å²) in [7, 11) is 0. The van der Waals surface area contributed by atoms with Crippen molar-refractivity contribution in [3.63, 3.8) is 0 Å². The summed E-state index contributed by atoms with van der Waals surface area (Å²) in [5.41, 5.74) is 4.80. The summed E-state index contributed by atoms with van der Waals surface area (Å²) in [6, 6.07) is 4.44. The third kappa shape index (κ3) is 3.11. The van der Waals surface area contributed by atoms with Gasteiger partial charge in [0.1, 0.15) is 0 Å². The van der Waals surface area contributed by atoms with Gasteiger partial charge in [-0.3, -0.25) is 4.79 Å². The van der Waals surface area contributed by atoms with Crippen molar-refractivity contribution in [1.29, 1.82) is 0 Å². The van der Waals surface area contributed by atoms with Gasteiger partial charge in [0.25, 0.3) is 0 Å². The number of hydrogen-bond donors (Lipinski definition) is 0. The molecule has 0 N–H and O–H groups in total. The van der Waals surface area contributed by atoms with Crippen molar-refractivity contribution in [3.05, 3.63) is 28.8 Å². The highest BCUT2D eigenvalue weighted by Gasteiger charge is 2.39. The van der Waals surface area contributed by atoms with Crippen molar-refractivity contribution in [2.45, 2.75) is 65.3 Å². The summed E-state index contributed by atoms with van der Waals surface area (Å²) in [4.78, 5) is 14.7. The molecule has 0 saturated carbocycles. The fourth-order valence-corrected chi connectivity index (χ4v) is 3.62. The van der Waals surface area contributed by atoms with E-state index >= 15 is 0 Å². The maximum atomic E-state index is 12.7. The first-order chi connectivity index (χ1) is 9.77. The van der Waals surface area contributed by atoms with Gasteiger partial charge in [0.05, 0.1) is 0 Å². The Bertz CT molecular complexity index is 550. The number of hydrogen-bond acceptors (Lipinski definition) is 1. The number of carbonyl (C=O) groups excluding carboxylic acids is 1. The molecule has 0 bridgehead atoms. The zero-order chi connectivity index (χ0) is 15.8. The Morgan fingerprint density at radius 1 is 1.33 bits per heavy atom. The van der Waals surface area contributed by atoms with Crippen molar-refractivity contribution in [1.82, 2.24) is 0 Å². The first-order valence-corrected chi connectivity index (χ1v) is 8.31. The molecule has 1 aromatic carbocycles. The molecule has 0 fully saturated rings. The van der Waals surface area contributed by atoms with E-state index in [-0.39, 0.29) is 11.4 Å². The van der Waals surface area contributed by atoms with Gasteiger partial charge in [-0.05, 0) is 69.2 Å². The number of fused-ring (bicyclic) bond motifs is 1. The number of nitrogens with zero attached hydrogens (tertiary/aromatic N) is 1. The van der Waals surface area contributed by atoms with Gasteiger partial charge in [0, 0.05) is 23.5 Å². The highest BCUT2D eigenvalue weighted by Crippen LogP contribution is 2.44. The second-order valence-electron chi connectivity index (χ2n) is 6.93. The Kier molecular flexibility index (Phi) is 4.67. The van der Waals surface area contributed by atoms with Crippen LogP contribution in [0.5, 0.6) is 0 Å². The maximum absolute atomic E-state index is 12.7. The summed E-state index contributed by atoms with van der Waals surface area (Å²) in [5, 5.41) is 0. The largest absolute Gasteiger partial charge is 0.307 e. The molecule has 1 atom stereocenters. The molecule has 21 heavy (non-hydrogen) atoms. The third-order valence-corrected chi connectivity index (χ3v) is 4.87. The molecule has 3 heteroatoms. The molecule has 0 radical (unpaired) electrons. The standard InChI is InChI=1S/C18H26ClNO/c1-12-9-15-14(3)11-18(4,5)20(16(15)10-13(12)2)17(21)7-6-8-19/h9-10,14H,6-8,11H2,1-5H3/t14-/m0/s1. The molecule has 1 heterocycles. The van der Waals surface area contributed by atoms with Crippen molar-refractivity contribution in [2.24, 2.45) is 0 Å². The van der Waals surface area contributed by atoms with E-state index in [2.05, 4.69) is 46.8 Å². The second-order valence-corrected chi connectivity index (χ2v) is 7.31. The molecule has 2 rings (SSSR count). The summed E-state index contributed by atoms with van der Waals surface area (Å²) < 4.78 is 0. The number of aryl methyl sites for hydroxylation is 2. The number of amides is 1. The van der Waals surface area contributed by atoms with Crippen LogP contribution in [0.25, 0.3) is 0 Å². The van der Waals surface area contributed by atoms with E-state index < -0.39 is 0 Å². The lowest BCUT2D eigenvalue weighted by Crippen LogP contribution is -2.51. The molecule has 1 aromatic rings. The average Bonchev–Trinajstić information content (AvgIpc) is 2.38. The molecular weight excluding hydrogens is 282 g/mol. The van der Waals surface area contributed by atoms with Gasteiger partial charge in [-0.1, -0.05) is 13.0 Å². The maximum Gasteiger partial charge on any atom is 0.227 e. The number of benzene rings is 1. The van der Waals surface area contributed by atoms with Crippen LogP contribution < -0.4 is 4.90 Å². The van der Waals surface area contributed by atoms with Crippen LogP contribution in [0, 0.1) is 13.8 Å². The quantitative estimate of drug-likeness (QED) is 0.724. The smallest absolute Gasteiger partial charge is 0.227 e. The molecule has 0 aliphatic carbocycles. The first-order valence-electron chi connectivity index (χ1n) is 7.78. The molecule has 1 aliphatic rings. The Balaban J connectivity index is 2.50. The number of carbonyl (C=O) groups is 1. The lowest BCUT2D eigenvalue weighted by Gasteiger charge is -2.46. The zero-order valence-corrected chi connectivity index (χ0v) is 14.5. The van der Waals surface area contributed by atoms with Gasteiger partial charge in [0.2, 0.25) is 5.91 Å². The van der Waals surface area contributed by atoms with Gasteiger partial charge < -0.3 is 4.90 Å². The third-order valence-electron chi connectivity index (χ3n) is 4.60. The van der Waals surface area contributed by atoms with Crippen LogP contribution in [0.3, 0.4) is 0 Å². The summed E-state index contributed by atoms with van der Waals surface area (Å²) in [5.74, 6) is 1.21. The molecule has 2 nitrogen and oxygen atoms in total. The van der Waals surface area contributed by atoms with E-state index in [1.165, 1.54) is 16.7 Å². The molecule has 0 spiro atoms. The minimum absolute atomic E-state index is 0.141. The van der Waals surface area contributed by atoms with Crippen LogP contribution in [-0.2, 0) is 4.79 Å². The number of rotatable bonds is 3. The SMILES string of the molecule is Cc1cc2c(cc1C)N(C(=O)CCCCl)C(C)(C)C[C@@H]2C. The lowest BCUT2D eigenvalue weighted by molar-refractivity contribution is -0.119. The highest BCUT2D eigenvalue weighted by molar-refractivity contribution is 6.18. The Morgan fingerprint density at radius 3 is 2.57 bits per heavy atom. The van der Waals surface area contributed by atoms with Crippen LogP contribution in [0.15, 0.2) is 12.1 Å². The summed E-state index contributed by atoms with van der Waals surface area (Å²) in [6.45, 7) is 10.8. The van der Waals surface area contributed by atoms with Gasteiger partial charge in [0.15, 0.2) is 0 Å². The molecule has 1 amide bonds. The van der Waals surface area contributed by atoms with E-state index in [0.29, 0.717) is 18.2 Å². The van der Waals surface area contributed by atoms with Crippen LogP contribution in [-0.4, -0.2) is 17.3 Å². The van der Waals surface area contributed by atoms with Crippen molar-refractivity contribution in [2.75, 3.05) is 10.8 Å². The minimum Gasteiger partial charge on any atom is -0.307 e. The van der Waals surface area contributed by atoms with Gasteiger partial charge >= 0.3 is 0 Å². The lowest BCUT2D eigenvalue weighted by atomic mass is 9.79. The fraction of sp³-hybridized carbons (Fsp3) is 0.611. The minimum atomic E-state index is -0.141. The van der Waals surface area contributed by atoms with E-state index in [0.717, 1.165) is 18.5 Å². The molecule has 0 unspecified atom stereocenters. The van der Waals surface area contributed by atoms with Gasteiger partial charge in [-0.2, -0.15) is 0 Å². The van der Waals surface area contributed by atoms with E-state index in [4.69, 9.17) is 11.6 Å². The zero-order valence-electron chi connectivity index (χ0n) is 13.8. The summed E-state index contributed by atoms with van der Waals surface area (Å²) >= 11 is 5.75. The van der Waals surface area contributed by atoms with E-state index in [1.54, 1.807) is 0 Å². The van der Waals surface area contributed by atoms with Crippen LogP contribution in [0.2, 0.25) is 0 Å². The van der Waals surface area contributed by atoms with Crippen LogP contribution in [0.4, 0.5) is 5.69 Å². The first kappa shape index (κ1) is 16.4.